The summed E-state index contributed by atoms with van der Waals surface area (Å²) in [4.78, 5) is 21.9. The largest absolute Gasteiger partial charge is 0.475 e. The van der Waals surface area contributed by atoms with Gasteiger partial charge in [0.1, 0.15) is 5.52 Å². The van der Waals surface area contributed by atoms with E-state index in [0.717, 1.165) is 29.6 Å². The van der Waals surface area contributed by atoms with Crippen LogP contribution in [0.2, 0.25) is 0 Å². The molecule has 6 nitrogen and oxygen atoms in total. The molecule has 3 rings (SSSR count). The number of fused-ring (bicyclic) bond motifs is 1. The summed E-state index contributed by atoms with van der Waals surface area (Å²) in [5.41, 5.74) is 1.41. The van der Waals surface area contributed by atoms with Crippen LogP contribution in [0.3, 0.4) is 0 Å². The first-order valence-corrected chi connectivity index (χ1v) is 7.41. The van der Waals surface area contributed by atoms with Gasteiger partial charge in [-0.05, 0) is 41.9 Å². The molecular weight excluding hydrogens is 324 g/mol. The Balaban J connectivity index is 1.97. The van der Waals surface area contributed by atoms with E-state index in [2.05, 4.69) is 30.8 Å². The highest BCUT2D eigenvalue weighted by Gasteiger charge is 2.20. The molecule has 1 fully saturated rings. The Morgan fingerprint density at radius 1 is 1.30 bits per heavy atom. The quantitative estimate of drug-likeness (QED) is 0.922. The van der Waals surface area contributed by atoms with Crippen LogP contribution in [0, 0.1) is 0 Å². The number of halogens is 1. The maximum Gasteiger partial charge on any atom is 0.372 e. The van der Waals surface area contributed by atoms with Gasteiger partial charge in [0.25, 0.3) is 0 Å². The number of carbonyl (C=O) groups is 1. The van der Waals surface area contributed by atoms with Crippen molar-refractivity contribution < 1.29 is 9.90 Å². The van der Waals surface area contributed by atoms with E-state index in [9.17, 15) is 9.90 Å². The Bertz CT molecular complexity index is 649. The molecular formula is C13H15BrN4O2. The van der Waals surface area contributed by atoms with E-state index in [0.29, 0.717) is 12.1 Å². The first kappa shape index (κ1) is 13.5. The number of hydrogen-bond acceptors (Lipinski definition) is 4. The number of rotatable bonds is 4. The fraction of sp³-hybridized carbons (Fsp3) is 0.462. The highest BCUT2D eigenvalue weighted by Crippen LogP contribution is 2.24. The molecule has 20 heavy (non-hydrogen) atoms. The molecule has 0 bridgehead atoms. The fourth-order valence-electron chi connectivity index (χ4n) is 2.68. The van der Waals surface area contributed by atoms with Crippen LogP contribution in [0.1, 0.15) is 23.5 Å². The monoisotopic (exact) mass is 338 g/mol. The predicted molar refractivity (Wildman–Crippen MR) is 77.9 cm³/mol. The second-order valence-corrected chi connectivity index (χ2v) is 5.78. The molecule has 0 unspecified atom stereocenters. The molecule has 2 aromatic heterocycles. The first-order chi connectivity index (χ1) is 9.66. The Labute approximate surface area is 124 Å². The molecule has 0 amide bonds. The van der Waals surface area contributed by atoms with Gasteiger partial charge in [0, 0.05) is 19.3 Å². The van der Waals surface area contributed by atoms with Gasteiger partial charge in [-0.25, -0.2) is 9.78 Å². The maximum atomic E-state index is 11.4. The molecule has 0 spiro atoms. The average Bonchev–Trinajstić information content (AvgIpc) is 3.03. The van der Waals surface area contributed by atoms with E-state index in [4.69, 9.17) is 0 Å². The number of likely N-dealkylation sites (tertiary alicyclic amines) is 1. The van der Waals surface area contributed by atoms with Crippen molar-refractivity contribution >= 4 is 32.9 Å². The van der Waals surface area contributed by atoms with Gasteiger partial charge >= 0.3 is 5.97 Å². The second-order valence-electron chi connectivity index (χ2n) is 4.93. The molecule has 1 N–H and O–H groups in total. The number of imidazole rings is 1. The lowest BCUT2D eigenvalue weighted by Crippen LogP contribution is -2.25. The smallest absolute Gasteiger partial charge is 0.372 e. The molecule has 106 valence electrons. The van der Waals surface area contributed by atoms with E-state index < -0.39 is 5.97 Å². The third kappa shape index (κ3) is 2.43. The summed E-state index contributed by atoms with van der Waals surface area (Å²) in [7, 11) is 0. The molecule has 0 saturated carbocycles. The zero-order chi connectivity index (χ0) is 14.1. The van der Waals surface area contributed by atoms with Gasteiger partial charge in [-0.1, -0.05) is 0 Å². The van der Waals surface area contributed by atoms with Gasteiger partial charge in [-0.2, -0.15) is 0 Å². The number of nitrogens with zero attached hydrogens (tertiary/aromatic N) is 4. The van der Waals surface area contributed by atoms with Crippen molar-refractivity contribution in [1.82, 2.24) is 19.4 Å². The minimum atomic E-state index is -1.01. The van der Waals surface area contributed by atoms with Crippen molar-refractivity contribution in [2.24, 2.45) is 0 Å². The summed E-state index contributed by atoms with van der Waals surface area (Å²) in [5, 5.41) is 9.32. The van der Waals surface area contributed by atoms with Gasteiger partial charge in [-0.15, -0.1) is 0 Å². The maximum absolute atomic E-state index is 11.4. The third-order valence-electron chi connectivity index (χ3n) is 3.64. The van der Waals surface area contributed by atoms with Crippen molar-refractivity contribution in [3.63, 3.8) is 0 Å². The number of hydrogen-bond donors (Lipinski definition) is 1. The number of carboxylic acid groups (broad SMARTS) is 1. The minimum Gasteiger partial charge on any atom is -0.475 e. The Hall–Kier alpha value is -1.47. The number of carboxylic acids is 1. The van der Waals surface area contributed by atoms with E-state index in [1.807, 2.05) is 0 Å². The van der Waals surface area contributed by atoms with Crippen molar-refractivity contribution in [2.75, 3.05) is 19.6 Å². The number of pyridine rings is 1. The van der Waals surface area contributed by atoms with Crippen LogP contribution in [0.5, 0.6) is 0 Å². The van der Waals surface area contributed by atoms with Gasteiger partial charge in [0.05, 0.1) is 16.2 Å². The van der Waals surface area contributed by atoms with E-state index in [-0.39, 0.29) is 5.82 Å². The Morgan fingerprint density at radius 3 is 2.75 bits per heavy atom. The molecule has 0 radical (unpaired) electrons. The van der Waals surface area contributed by atoms with Crippen LogP contribution >= 0.6 is 15.9 Å². The third-order valence-corrected chi connectivity index (χ3v) is 4.22. The highest BCUT2D eigenvalue weighted by atomic mass is 79.9. The van der Waals surface area contributed by atoms with Gasteiger partial charge < -0.3 is 14.6 Å². The van der Waals surface area contributed by atoms with Crippen molar-refractivity contribution in [3.05, 3.63) is 22.7 Å². The van der Waals surface area contributed by atoms with Crippen LogP contribution in [0.15, 0.2) is 16.9 Å². The zero-order valence-electron chi connectivity index (χ0n) is 10.9. The summed E-state index contributed by atoms with van der Waals surface area (Å²) in [5.74, 6) is -0.928. The summed E-state index contributed by atoms with van der Waals surface area (Å²) in [6, 6.07) is 0. The van der Waals surface area contributed by atoms with Crippen molar-refractivity contribution in [2.45, 2.75) is 19.4 Å². The van der Waals surface area contributed by atoms with E-state index in [1.54, 1.807) is 17.0 Å². The fourth-order valence-corrected chi connectivity index (χ4v) is 3.21. The molecule has 0 atom stereocenters. The number of aromatic carboxylic acids is 1. The van der Waals surface area contributed by atoms with Crippen LogP contribution in [0.25, 0.3) is 11.0 Å². The van der Waals surface area contributed by atoms with E-state index >= 15 is 0 Å². The Morgan fingerprint density at radius 2 is 2.05 bits per heavy atom. The molecule has 2 aromatic rings. The minimum absolute atomic E-state index is 0.0768. The molecule has 1 aliphatic heterocycles. The van der Waals surface area contributed by atoms with Crippen LogP contribution < -0.4 is 0 Å². The normalized spacial score (nSPS) is 16.1. The van der Waals surface area contributed by atoms with Gasteiger partial charge in [0.2, 0.25) is 5.82 Å². The van der Waals surface area contributed by atoms with Crippen LogP contribution in [-0.4, -0.2) is 50.1 Å². The molecule has 0 aromatic carbocycles. The lowest BCUT2D eigenvalue weighted by atomic mass is 10.4. The number of aromatic nitrogens is 3. The SMILES string of the molecule is O=C(O)c1nc2cncc(Br)c2n1CCN1CCCC1. The second kappa shape index (κ2) is 5.49. The zero-order valence-corrected chi connectivity index (χ0v) is 12.5. The molecule has 1 aliphatic rings. The van der Waals surface area contributed by atoms with Gasteiger partial charge in [-0.3, -0.25) is 4.98 Å². The van der Waals surface area contributed by atoms with Gasteiger partial charge in [0.15, 0.2) is 0 Å². The molecule has 3 heterocycles. The first-order valence-electron chi connectivity index (χ1n) is 6.62. The lowest BCUT2D eigenvalue weighted by Gasteiger charge is -2.16. The molecule has 1 saturated heterocycles. The van der Waals surface area contributed by atoms with Crippen LogP contribution in [-0.2, 0) is 6.54 Å². The standard InChI is InChI=1S/C13H15BrN4O2/c14-9-7-15-8-10-11(9)18(12(16-10)13(19)20)6-5-17-3-1-2-4-17/h7-8H,1-6H2,(H,19,20). The summed E-state index contributed by atoms with van der Waals surface area (Å²) < 4.78 is 2.54. The summed E-state index contributed by atoms with van der Waals surface area (Å²) in [6.07, 6.45) is 5.72. The summed E-state index contributed by atoms with van der Waals surface area (Å²) >= 11 is 3.43. The lowest BCUT2D eigenvalue weighted by molar-refractivity contribution is 0.0678. The molecule has 0 aliphatic carbocycles. The molecule has 7 heteroatoms. The predicted octanol–water partition coefficient (Wildman–Crippen LogP) is 1.99. The Kier molecular flexibility index (Phi) is 3.71. The van der Waals surface area contributed by atoms with Crippen molar-refractivity contribution in [1.29, 1.82) is 0 Å². The topological polar surface area (TPSA) is 71.2 Å². The van der Waals surface area contributed by atoms with Crippen molar-refractivity contribution in [3.8, 4) is 0 Å². The van der Waals surface area contributed by atoms with E-state index in [1.165, 1.54) is 12.8 Å². The summed E-state index contributed by atoms with van der Waals surface area (Å²) in [6.45, 7) is 3.66. The average molecular weight is 339 g/mol. The highest BCUT2D eigenvalue weighted by molar-refractivity contribution is 9.10. The van der Waals surface area contributed by atoms with Crippen LogP contribution in [0.4, 0.5) is 0 Å².